The number of hydrogen-bond donors (Lipinski definition) is 2. The van der Waals surface area contributed by atoms with E-state index in [9.17, 15) is 32.9 Å². The van der Waals surface area contributed by atoms with Gasteiger partial charge in [-0.15, -0.1) is 0 Å². The largest absolute Gasteiger partial charge is 0.437 e. The van der Waals surface area contributed by atoms with Crippen molar-refractivity contribution in [2.24, 2.45) is 5.73 Å². The number of nitro benzene ring substituents is 1. The minimum absolute atomic E-state index is 0.0419. The molecule has 0 spiro atoms. The first-order valence-electron chi connectivity index (χ1n) is 8.96. The number of benzene rings is 2. The molecule has 9 nitrogen and oxygen atoms in total. The SMILES string of the molecule is NC(=O)c1cc(NC(=O)c2cc([N+](=O)[O-])ccc2Cl)ccc1Oc1ncc(C(F)(F)F)cc1Cl. The third kappa shape index (κ3) is 5.53. The molecular formula is C20H11Cl2F3N4O5. The standard InChI is InChI=1S/C20H11Cl2F3N4O5/c21-14-3-2-11(29(32)33)7-12(14)18(31)28-10-1-4-16(13(6-10)17(26)30)34-19-15(22)5-9(8-27-19)20(23,24)25/h1-8H,(H2,26,30)(H,28,31). The first-order chi connectivity index (χ1) is 15.9. The molecule has 2 aromatic carbocycles. The van der Waals surface area contributed by atoms with Gasteiger partial charge in [0.25, 0.3) is 17.5 Å². The lowest BCUT2D eigenvalue weighted by Crippen LogP contribution is -2.16. The molecule has 0 aliphatic heterocycles. The number of primary amides is 1. The number of non-ortho nitro benzene ring substituents is 1. The molecule has 0 saturated carbocycles. The van der Waals surface area contributed by atoms with Crippen LogP contribution in [0.5, 0.6) is 11.6 Å². The molecule has 3 rings (SSSR count). The molecule has 176 valence electrons. The molecule has 0 unspecified atom stereocenters. The predicted octanol–water partition coefficient (Wildman–Crippen LogP) is 5.46. The molecule has 14 heteroatoms. The summed E-state index contributed by atoms with van der Waals surface area (Å²) in [5, 5.41) is 12.8. The number of aromatic nitrogens is 1. The van der Waals surface area contributed by atoms with Crippen molar-refractivity contribution in [2.45, 2.75) is 6.18 Å². The summed E-state index contributed by atoms with van der Waals surface area (Å²) < 4.78 is 43.7. The van der Waals surface area contributed by atoms with Crippen molar-refractivity contribution < 1.29 is 32.4 Å². The highest BCUT2D eigenvalue weighted by atomic mass is 35.5. The monoisotopic (exact) mass is 514 g/mol. The van der Waals surface area contributed by atoms with Gasteiger partial charge in [-0.25, -0.2) is 4.98 Å². The van der Waals surface area contributed by atoms with Crippen LogP contribution >= 0.6 is 23.2 Å². The lowest BCUT2D eigenvalue weighted by atomic mass is 10.1. The van der Waals surface area contributed by atoms with Gasteiger partial charge >= 0.3 is 6.18 Å². The fourth-order valence-electron chi connectivity index (χ4n) is 2.65. The number of anilines is 1. The molecular weight excluding hydrogens is 504 g/mol. The van der Waals surface area contributed by atoms with Crippen molar-refractivity contribution in [3.8, 4) is 11.6 Å². The van der Waals surface area contributed by atoms with Crippen LogP contribution in [0.3, 0.4) is 0 Å². The van der Waals surface area contributed by atoms with Gasteiger partial charge in [-0.1, -0.05) is 23.2 Å². The van der Waals surface area contributed by atoms with Crippen LogP contribution in [0.1, 0.15) is 26.3 Å². The molecule has 2 amide bonds. The summed E-state index contributed by atoms with van der Waals surface area (Å²) in [4.78, 5) is 38.2. The highest BCUT2D eigenvalue weighted by molar-refractivity contribution is 6.34. The number of carbonyl (C=O) groups is 2. The molecule has 1 aromatic heterocycles. The number of nitrogens with two attached hydrogens (primary N) is 1. The van der Waals surface area contributed by atoms with Crippen LogP contribution in [-0.2, 0) is 6.18 Å². The number of carbonyl (C=O) groups excluding carboxylic acids is 2. The molecule has 0 fully saturated rings. The minimum atomic E-state index is -4.67. The molecule has 0 radical (unpaired) electrons. The number of nitro groups is 1. The van der Waals surface area contributed by atoms with Gasteiger partial charge in [-0.2, -0.15) is 13.2 Å². The Morgan fingerprint density at radius 1 is 1.06 bits per heavy atom. The molecule has 0 saturated heterocycles. The van der Waals surface area contributed by atoms with E-state index < -0.39 is 39.4 Å². The third-order valence-electron chi connectivity index (χ3n) is 4.25. The van der Waals surface area contributed by atoms with Crippen LogP contribution in [0, 0.1) is 10.1 Å². The molecule has 3 aromatic rings. The van der Waals surface area contributed by atoms with E-state index in [-0.39, 0.29) is 33.3 Å². The van der Waals surface area contributed by atoms with E-state index in [4.69, 9.17) is 33.7 Å². The Kier molecular flexibility index (Phi) is 6.93. The zero-order valence-electron chi connectivity index (χ0n) is 16.5. The zero-order chi connectivity index (χ0) is 25.2. The highest BCUT2D eigenvalue weighted by Gasteiger charge is 2.32. The average Bonchev–Trinajstić information content (AvgIpc) is 2.75. The molecule has 3 N–H and O–H groups in total. The van der Waals surface area contributed by atoms with Gasteiger partial charge in [0.15, 0.2) is 0 Å². The van der Waals surface area contributed by atoms with Crippen molar-refractivity contribution in [1.29, 1.82) is 0 Å². The Hall–Kier alpha value is -3.90. The summed E-state index contributed by atoms with van der Waals surface area (Å²) in [5.41, 5.74) is 3.46. The Morgan fingerprint density at radius 2 is 1.76 bits per heavy atom. The van der Waals surface area contributed by atoms with E-state index in [0.717, 1.165) is 18.2 Å². The summed E-state index contributed by atoms with van der Waals surface area (Å²) in [6.07, 6.45) is -4.17. The summed E-state index contributed by atoms with van der Waals surface area (Å²) >= 11 is 11.8. The van der Waals surface area contributed by atoms with Crippen LogP contribution in [0.15, 0.2) is 48.7 Å². The zero-order valence-corrected chi connectivity index (χ0v) is 18.0. The second kappa shape index (κ2) is 9.53. The van der Waals surface area contributed by atoms with E-state index in [0.29, 0.717) is 12.3 Å². The molecule has 0 atom stereocenters. The molecule has 0 bridgehead atoms. The van der Waals surface area contributed by atoms with Crippen molar-refractivity contribution in [1.82, 2.24) is 4.98 Å². The van der Waals surface area contributed by atoms with Crippen LogP contribution in [0.25, 0.3) is 0 Å². The minimum Gasteiger partial charge on any atom is -0.437 e. The maximum atomic E-state index is 12.8. The van der Waals surface area contributed by atoms with Crippen LogP contribution in [0.4, 0.5) is 24.5 Å². The van der Waals surface area contributed by atoms with Gasteiger partial charge in [0.05, 0.1) is 26.6 Å². The van der Waals surface area contributed by atoms with E-state index in [2.05, 4.69) is 10.3 Å². The number of rotatable bonds is 6. The number of hydrogen-bond acceptors (Lipinski definition) is 6. The van der Waals surface area contributed by atoms with Crippen molar-refractivity contribution in [2.75, 3.05) is 5.32 Å². The summed E-state index contributed by atoms with van der Waals surface area (Å²) in [5.74, 6) is -2.43. The topological polar surface area (TPSA) is 137 Å². The molecule has 34 heavy (non-hydrogen) atoms. The number of amides is 2. The maximum Gasteiger partial charge on any atom is 0.417 e. The van der Waals surface area contributed by atoms with E-state index in [1.54, 1.807) is 0 Å². The summed E-state index contributed by atoms with van der Waals surface area (Å²) in [6.45, 7) is 0. The van der Waals surface area contributed by atoms with Crippen LogP contribution < -0.4 is 15.8 Å². The highest BCUT2D eigenvalue weighted by Crippen LogP contribution is 2.36. The molecule has 0 aliphatic rings. The number of nitrogens with zero attached hydrogens (tertiary/aromatic N) is 2. The Balaban J connectivity index is 1.88. The van der Waals surface area contributed by atoms with Crippen molar-refractivity contribution in [3.05, 3.63) is 85.5 Å². The van der Waals surface area contributed by atoms with E-state index >= 15 is 0 Å². The van der Waals surface area contributed by atoms with Crippen molar-refractivity contribution >= 4 is 46.4 Å². The molecule has 1 heterocycles. The molecule has 0 aliphatic carbocycles. The van der Waals surface area contributed by atoms with Gasteiger partial charge in [0.1, 0.15) is 10.8 Å². The summed E-state index contributed by atoms with van der Waals surface area (Å²) in [6, 6.07) is 7.48. The Morgan fingerprint density at radius 3 is 2.35 bits per heavy atom. The van der Waals surface area contributed by atoms with Gasteiger partial charge in [-0.05, 0) is 30.3 Å². The second-order valence-electron chi connectivity index (χ2n) is 6.56. The lowest BCUT2D eigenvalue weighted by Gasteiger charge is -2.13. The van der Waals surface area contributed by atoms with Gasteiger partial charge in [-0.3, -0.25) is 19.7 Å². The van der Waals surface area contributed by atoms with Crippen LogP contribution in [-0.4, -0.2) is 21.7 Å². The van der Waals surface area contributed by atoms with E-state index in [1.807, 2.05) is 0 Å². The maximum absolute atomic E-state index is 12.8. The first kappa shape index (κ1) is 24.7. The van der Waals surface area contributed by atoms with Gasteiger partial charge in [0.2, 0.25) is 5.88 Å². The first-order valence-corrected chi connectivity index (χ1v) is 9.72. The smallest absolute Gasteiger partial charge is 0.417 e. The average molecular weight is 515 g/mol. The van der Waals surface area contributed by atoms with Crippen molar-refractivity contribution in [3.63, 3.8) is 0 Å². The Labute approximate surface area is 198 Å². The normalized spacial score (nSPS) is 11.1. The van der Waals surface area contributed by atoms with Crippen LogP contribution in [0.2, 0.25) is 10.0 Å². The number of alkyl halides is 3. The third-order valence-corrected chi connectivity index (χ3v) is 4.85. The number of ether oxygens (including phenoxy) is 1. The predicted molar refractivity (Wildman–Crippen MR) is 115 cm³/mol. The van der Waals surface area contributed by atoms with Gasteiger partial charge < -0.3 is 15.8 Å². The fourth-order valence-corrected chi connectivity index (χ4v) is 3.06. The number of halogens is 5. The quantitative estimate of drug-likeness (QED) is 0.331. The van der Waals surface area contributed by atoms with E-state index in [1.165, 1.54) is 18.2 Å². The lowest BCUT2D eigenvalue weighted by molar-refractivity contribution is -0.384. The van der Waals surface area contributed by atoms with Gasteiger partial charge in [0, 0.05) is 24.0 Å². The Bertz CT molecular complexity index is 1320. The number of pyridine rings is 1. The second-order valence-corrected chi connectivity index (χ2v) is 7.38. The number of nitrogens with one attached hydrogen (secondary N) is 1. The summed E-state index contributed by atoms with van der Waals surface area (Å²) in [7, 11) is 0. The fraction of sp³-hybridized carbons (Fsp3) is 0.0500.